The zero-order valence-corrected chi connectivity index (χ0v) is 24.2. The summed E-state index contributed by atoms with van der Waals surface area (Å²) < 4.78 is 40.0. The van der Waals surface area contributed by atoms with Crippen molar-refractivity contribution in [1.29, 1.82) is 0 Å². The summed E-state index contributed by atoms with van der Waals surface area (Å²) in [4.78, 5) is 28.4. The summed E-state index contributed by atoms with van der Waals surface area (Å²) in [7, 11) is -2.64. The van der Waals surface area contributed by atoms with Gasteiger partial charge in [-0.05, 0) is 62.2 Å². The van der Waals surface area contributed by atoms with Crippen molar-refractivity contribution in [2.24, 2.45) is 0 Å². The Bertz CT molecular complexity index is 1380. The highest BCUT2D eigenvalue weighted by Gasteiger charge is 2.33. The molecule has 0 saturated heterocycles. The highest BCUT2D eigenvalue weighted by Crippen LogP contribution is 2.33. The van der Waals surface area contributed by atoms with Crippen LogP contribution in [0.2, 0.25) is 0 Å². The van der Waals surface area contributed by atoms with Crippen LogP contribution in [0.5, 0.6) is 11.5 Å². The van der Waals surface area contributed by atoms with Crippen molar-refractivity contribution >= 4 is 27.5 Å². The van der Waals surface area contributed by atoms with E-state index in [9.17, 15) is 18.0 Å². The molecule has 1 atom stereocenters. The first-order valence-electron chi connectivity index (χ1n) is 13.2. The van der Waals surface area contributed by atoms with Crippen LogP contribution in [0.15, 0.2) is 83.8 Å². The molecule has 0 heterocycles. The predicted molar refractivity (Wildman–Crippen MR) is 155 cm³/mol. The number of ether oxygens (including phenoxy) is 2. The number of rotatable bonds is 14. The molecule has 1 N–H and O–H groups in total. The molecule has 3 aromatic rings. The van der Waals surface area contributed by atoms with Gasteiger partial charge in [-0.25, -0.2) is 8.42 Å². The van der Waals surface area contributed by atoms with Gasteiger partial charge in [0.2, 0.25) is 11.8 Å². The van der Waals surface area contributed by atoms with E-state index in [1.165, 1.54) is 17.0 Å². The summed E-state index contributed by atoms with van der Waals surface area (Å²) in [6, 6.07) is 20.9. The molecule has 2 amide bonds. The maximum atomic E-state index is 14.0. The first-order chi connectivity index (χ1) is 19.2. The van der Waals surface area contributed by atoms with Gasteiger partial charge in [-0.1, -0.05) is 49.4 Å². The van der Waals surface area contributed by atoms with Gasteiger partial charge in [-0.15, -0.1) is 0 Å². The number of anilines is 1. The second-order valence-corrected chi connectivity index (χ2v) is 10.9. The predicted octanol–water partition coefficient (Wildman–Crippen LogP) is 4.23. The van der Waals surface area contributed by atoms with Crippen LogP contribution in [0.3, 0.4) is 0 Å². The van der Waals surface area contributed by atoms with Gasteiger partial charge in [0.25, 0.3) is 10.0 Å². The zero-order chi connectivity index (χ0) is 29.1. The van der Waals surface area contributed by atoms with Crippen molar-refractivity contribution in [2.45, 2.75) is 44.7 Å². The third-order valence-electron chi connectivity index (χ3n) is 6.25. The molecule has 0 spiro atoms. The van der Waals surface area contributed by atoms with Crippen LogP contribution >= 0.6 is 0 Å². The number of benzene rings is 3. The molecule has 0 radical (unpaired) electrons. The normalized spacial score (nSPS) is 11.8. The number of amides is 2. The molecule has 0 bridgehead atoms. The third kappa shape index (κ3) is 7.53. The van der Waals surface area contributed by atoms with Crippen LogP contribution in [-0.4, -0.2) is 58.0 Å². The van der Waals surface area contributed by atoms with Crippen LogP contribution in [0.4, 0.5) is 5.69 Å². The van der Waals surface area contributed by atoms with Crippen molar-refractivity contribution in [2.75, 3.05) is 31.1 Å². The summed E-state index contributed by atoms with van der Waals surface area (Å²) in [6.45, 7) is 5.66. The molecule has 10 heteroatoms. The molecule has 214 valence electrons. The zero-order valence-electron chi connectivity index (χ0n) is 23.4. The molecule has 0 aromatic heterocycles. The number of carbonyl (C=O) groups is 2. The highest BCUT2D eigenvalue weighted by molar-refractivity contribution is 7.92. The van der Waals surface area contributed by atoms with E-state index < -0.39 is 28.5 Å². The van der Waals surface area contributed by atoms with Crippen molar-refractivity contribution < 1.29 is 27.5 Å². The third-order valence-corrected chi connectivity index (χ3v) is 8.02. The maximum Gasteiger partial charge on any atom is 0.264 e. The summed E-state index contributed by atoms with van der Waals surface area (Å²) >= 11 is 0. The highest BCUT2D eigenvalue weighted by atomic mass is 32.2. The Morgan fingerprint density at radius 2 is 1.65 bits per heavy atom. The summed E-state index contributed by atoms with van der Waals surface area (Å²) in [5.74, 6) is 0.0513. The quantitative estimate of drug-likeness (QED) is 0.313. The second kappa shape index (κ2) is 14.4. The smallest absolute Gasteiger partial charge is 0.264 e. The molecule has 3 rings (SSSR count). The van der Waals surface area contributed by atoms with E-state index in [0.29, 0.717) is 24.7 Å². The fourth-order valence-corrected chi connectivity index (χ4v) is 5.57. The minimum Gasteiger partial charge on any atom is -0.497 e. The van der Waals surface area contributed by atoms with E-state index in [4.69, 9.17) is 9.47 Å². The molecule has 0 aliphatic rings. The molecule has 0 saturated carbocycles. The molecule has 0 fully saturated rings. The van der Waals surface area contributed by atoms with Crippen LogP contribution in [0, 0.1) is 0 Å². The molecule has 0 aliphatic carbocycles. The van der Waals surface area contributed by atoms with Crippen molar-refractivity contribution in [3.63, 3.8) is 0 Å². The lowest BCUT2D eigenvalue weighted by molar-refractivity contribution is -0.139. The lowest BCUT2D eigenvalue weighted by Crippen LogP contribution is -2.51. The first-order valence-corrected chi connectivity index (χ1v) is 14.7. The van der Waals surface area contributed by atoms with Crippen LogP contribution in [0.1, 0.15) is 32.8 Å². The summed E-state index contributed by atoms with van der Waals surface area (Å²) in [5.41, 5.74) is 0.959. The largest absolute Gasteiger partial charge is 0.497 e. The Hall–Kier alpha value is -4.05. The molecule has 9 nitrogen and oxygen atoms in total. The van der Waals surface area contributed by atoms with Gasteiger partial charge < -0.3 is 19.7 Å². The van der Waals surface area contributed by atoms with Gasteiger partial charge in [0.1, 0.15) is 24.1 Å². The fourth-order valence-electron chi connectivity index (χ4n) is 4.12. The van der Waals surface area contributed by atoms with Gasteiger partial charge in [0, 0.05) is 13.1 Å². The Balaban J connectivity index is 2.06. The molecule has 1 unspecified atom stereocenters. The first kappa shape index (κ1) is 30.5. The minimum atomic E-state index is -4.18. The lowest BCUT2D eigenvalue weighted by Gasteiger charge is -2.32. The van der Waals surface area contributed by atoms with E-state index in [2.05, 4.69) is 5.32 Å². The van der Waals surface area contributed by atoms with E-state index in [1.54, 1.807) is 81.6 Å². The van der Waals surface area contributed by atoms with Gasteiger partial charge in [-0.3, -0.25) is 13.9 Å². The van der Waals surface area contributed by atoms with E-state index in [0.717, 1.165) is 16.3 Å². The maximum absolute atomic E-state index is 14.0. The van der Waals surface area contributed by atoms with Crippen molar-refractivity contribution in [3.05, 3.63) is 84.4 Å². The lowest BCUT2D eigenvalue weighted by atomic mass is 10.1. The van der Waals surface area contributed by atoms with Crippen LogP contribution < -0.4 is 19.1 Å². The standard InChI is InChI=1S/C30H37N3O6S/c1-5-19-31-30(35)23(3)32(21-24-13-12-14-25(20-24)38-4)29(34)22-33(27-17-10-11-18-28(27)39-6-2)40(36,37)26-15-8-7-9-16-26/h7-18,20,23H,5-6,19,21-22H2,1-4H3,(H,31,35). The van der Waals surface area contributed by atoms with Gasteiger partial charge in [0.05, 0.1) is 24.3 Å². The second-order valence-electron chi connectivity index (χ2n) is 9.07. The number of hydrogen-bond donors (Lipinski definition) is 1. The Morgan fingerprint density at radius 1 is 0.950 bits per heavy atom. The van der Waals surface area contributed by atoms with Crippen molar-refractivity contribution in [3.8, 4) is 11.5 Å². The number of hydrogen-bond acceptors (Lipinski definition) is 6. The number of sulfonamides is 1. The van der Waals surface area contributed by atoms with E-state index in [-0.39, 0.29) is 23.0 Å². The summed E-state index contributed by atoms with van der Waals surface area (Å²) in [6.07, 6.45) is 0.736. The van der Waals surface area contributed by atoms with E-state index >= 15 is 0 Å². The van der Waals surface area contributed by atoms with Crippen LogP contribution in [0.25, 0.3) is 0 Å². The molecule has 3 aromatic carbocycles. The molecular formula is C30H37N3O6S. The number of nitrogens with zero attached hydrogens (tertiary/aromatic N) is 2. The average Bonchev–Trinajstić information content (AvgIpc) is 2.98. The number of para-hydroxylation sites is 2. The van der Waals surface area contributed by atoms with Crippen molar-refractivity contribution in [1.82, 2.24) is 10.2 Å². The van der Waals surface area contributed by atoms with Gasteiger partial charge in [0.15, 0.2) is 0 Å². The topological polar surface area (TPSA) is 105 Å². The molecule has 40 heavy (non-hydrogen) atoms. The van der Waals surface area contributed by atoms with Crippen LogP contribution in [-0.2, 0) is 26.2 Å². The number of carbonyl (C=O) groups excluding carboxylic acids is 2. The molecule has 0 aliphatic heterocycles. The fraction of sp³-hybridized carbons (Fsp3) is 0.333. The monoisotopic (exact) mass is 567 g/mol. The van der Waals surface area contributed by atoms with Gasteiger partial charge in [-0.2, -0.15) is 0 Å². The number of nitrogens with one attached hydrogen (secondary N) is 1. The number of methoxy groups -OCH3 is 1. The Kier molecular flexibility index (Phi) is 11.0. The minimum absolute atomic E-state index is 0.0298. The molecular weight excluding hydrogens is 530 g/mol. The van der Waals surface area contributed by atoms with Gasteiger partial charge >= 0.3 is 0 Å². The Morgan fingerprint density at radius 3 is 2.33 bits per heavy atom. The SMILES string of the molecule is CCCNC(=O)C(C)N(Cc1cccc(OC)c1)C(=O)CN(c1ccccc1OCC)S(=O)(=O)c1ccccc1. The summed E-state index contributed by atoms with van der Waals surface area (Å²) in [5, 5.41) is 2.83. The van der Waals surface area contributed by atoms with E-state index in [1.807, 2.05) is 13.0 Å². The average molecular weight is 568 g/mol. The Labute approximate surface area is 236 Å².